The monoisotopic (exact) mass is 442 g/mol. The standard InChI is InChI=1S/C23H24F2N4O3/c1-2-3-17-12-20(25)13-18(22(17)31)14-26-27-21(30)15-28-8-10-29(11-9-28)23(32)16-4-6-19(24)7-5-16/h2,4-7,12-14,31H,1,3,8-11,15H2,(H,27,30)/b26-14+. The maximum Gasteiger partial charge on any atom is 0.254 e. The second kappa shape index (κ2) is 10.6. The number of carbonyl (C=O) groups is 2. The molecular formula is C23H24F2N4O3. The van der Waals surface area contributed by atoms with Crippen LogP contribution in [0.3, 0.4) is 0 Å². The molecule has 1 fully saturated rings. The fourth-order valence-electron chi connectivity index (χ4n) is 3.38. The number of halogens is 2. The minimum absolute atomic E-state index is 0.0762. The molecule has 1 saturated heterocycles. The minimum atomic E-state index is -0.527. The van der Waals surface area contributed by atoms with E-state index in [2.05, 4.69) is 17.1 Å². The third-order valence-corrected chi connectivity index (χ3v) is 5.06. The first kappa shape index (κ1) is 23.1. The highest BCUT2D eigenvalue weighted by Crippen LogP contribution is 2.23. The predicted molar refractivity (Wildman–Crippen MR) is 116 cm³/mol. The number of rotatable bonds is 7. The van der Waals surface area contributed by atoms with Gasteiger partial charge in [-0.2, -0.15) is 5.10 Å². The van der Waals surface area contributed by atoms with Crippen LogP contribution in [0.2, 0.25) is 0 Å². The summed E-state index contributed by atoms with van der Waals surface area (Å²) in [4.78, 5) is 28.2. The molecular weight excluding hydrogens is 418 g/mol. The predicted octanol–water partition coefficient (Wildman–Crippen LogP) is 2.31. The van der Waals surface area contributed by atoms with Crippen LogP contribution in [0.25, 0.3) is 0 Å². The molecule has 0 radical (unpaired) electrons. The number of phenols is 1. The van der Waals surface area contributed by atoms with Crippen LogP contribution in [0.15, 0.2) is 54.2 Å². The Hall–Kier alpha value is -3.59. The highest BCUT2D eigenvalue weighted by Gasteiger charge is 2.23. The smallest absolute Gasteiger partial charge is 0.254 e. The van der Waals surface area contributed by atoms with Gasteiger partial charge in [0.05, 0.1) is 12.8 Å². The van der Waals surface area contributed by atoms with Crippen molar-refractivity contribution >= 4 is 18.0 Å². The molecule has 0 atom stereocenters. The molecule has 1 aliphatic heterocycles. The number of amides is 2. The number of piperazine rings is 1. The molecule has 0 saturated carbocycles. The zero-order valence-corrected chi connectivity index (χ0v) is 17.4. The minimum Gasteiger partial charge on any atom is -0.507 e. The van der Waals surface area contributed by atoms with Gasteiger partial charge in [-0.05, 0) is 42.8 Å². The molecule has 32 heavy (non-hydrogen) atoms. The molecule has 0 unspecified atom stereocenters. The molecule has 3 rings (SSSR count). The fraction of sp³-hybridized carbons (Fsp3) is 0.261. The van der Waals surface area contributed by atoms with Crippen molar-refractivity contribution in [1.82, 2.24) is 15.2 Å². The van der Waals surface area contributed by atoms with Gasteiger partial charge >= 0.3 is 0 Å². The van der Waals surface area contributed by atoms with Gasteiger partial charge in [0, 0.05) is 42.9 Å². The summed E-state index contributed by atoms with van der Waals surface area (Å²) in [5, 5.41) is 14.0. The van der Waals surface area contributed by atoms with Crippen LogP contribution in [0.5, 0.6) is 5.75 Å². The second-order valence-electron chi connectivity index (χ2n) is 7.36. The normalized spacial score (nSPS) is 14.5. The van der Waals surface area contributed by atoms with E-state index < -0.39 is 11.6 Å². The highest BCUT2D eigenvalue weighted by atomic mass is 19.1. The van der Waals surface area contributed by atoms with Crippen LogP contribution in [0, 0.1) is 11.6 Å². The van der Waals surface area contributed by atoms with Gasteiger partial charge in [0.1, 0.15) is 17.4 Å². The molecule has 0 bridgehead atoms. The zero-order valence-electron chi connectivity index (χ0n) is 17.4. The number of carbonyl (C=O) groups excluding carboxylic acids is 2. The van der Waals surface area contributed by atoms with Gasteiger partial charge in [0.2, 0.25) is 0 Å². The van der Waals surface area contributed by atoms with Crippen molar-refractivity contribution in [3.8, 4) is 5.75 Å². The average molecular weight is 442 g/mol. The summed E-state index contributed by atoms with van der Waals surface area (Å²) >= 11 is 0. The van der Waals surface area contributed by atoms with E-state index in [9.17, 15) is 23.5 Å². The molecule has 2 N–H and O–H groups in total. The molecule has 0 spiro atoms. The first-order valence-corrected chi connectivity index (χ1v) is 10.1. The average Bonchev–Trinajstić information content (AvgIpc) is 2.77. The van der Waals surface area contributed by atoms with Gasteiger partial charge in [-0.15, -0.1) is 6.58 Å². The fourth-order valence-corrected chi connectivity index (χ4v) is 3.38. The number of hydrogen-bond acceptors (Lipinski definition) is 5. The lowest BCUT2D eigenvalue weighted by atomic mass is 10.1. The number of aromatic hydroxyl groups is 1. The van der Waals surface area contributed by atoms with E-state index in [1.54, 1.807) is 11.0 Å². The number of allylic oxidation sites excluding steroid dienone is 1. The molecule has 0 aliphatic carbocycles. The summed E-state index contributed by atoms with van der Waals surface area (Å²) in [5.74, 6) is -1.59. The molecule has 168 valence electrons. The largest absolute Gasteiger partial charge is 0.507 e. The first-order valence-electron chi connectivity index (χ1n) is 10.1. The van der Waals surface area contributed by atoms with Crippen molar-refractivity contribution in [1.29, 1.82) is 0 Å². The summed E-state index contributed by atoms with van der Waals surface area (Å²) < 4.78 is 26.7. The highest BCUT2D eigenvalue weighted by molar-refractivity contribution is 5.94. The second-order valence-corrected chi connectivity index (χ2v) is 7.36. The van der Waals surface area contributed by atoms with Crippen LogP contribution >= 0.6 is 0 Å². The van der Waals surface area contributed by atoms with Gasteiger partial charge in [0.25, 0.3) is 11.8 Å². The van der Waals surface area contributed by atoms with Crippen molar-refractivity contribution in [2.24, 2.45) is 5.10 Å². The van der Waals surface area contributed by atoms with E-state index in [4.69, 9.17) is 0 Å². The quantitative estimate of drug-likeness (QED) is 0.392. The Morgan fingerprint density at radius 3 is 2.44 bits per heavy atom. The van der Waals surface area contributed by atoms with E-state index in [0.29, 0.717) is 43.7 Å². The third-order valence-electron chi connectivity index (χ3n) is 5.06. The zero-order chi connectivity index (χ0) is 23.1. The summed E-state index contributed by atoms with van der Waals surface area (Å²) in [6, 6.07) is 7.73. The van der Waals surface area contributed by atoms with E-state index >= 15 is 0 Å². The third kappa shape index (κ3) is 5.98. The maximum atomic E-state index is 13.7. The van der Waals surface area contributed by atoms with E-state index in [0.717, 1.165) is 6.07 Å². The van der Waals surface area contributed by atoms with Gasteiger partial charge < -0.3 is 10.0 Å². The SMILES string of the molecule is C=CCc1cc(F)cc(/C=N/NC(=O)CN2CCN(C(=O)c3ccc(F)cc3)CC2)c1O. The number of hydrazone groups is 1. The Labute approximate surface area is 184 Å². The summed E-state index contributed by atoms with van der Waals surface area (Å²) in [6.07, 6.45) is 3.03. The van der Waals surface area contributed by atoms with Crippen molar-refractivity contribution < 1.29 is 23.5 Å². The lowest BCUT2D eigenvalue weighted by Gasteiger charge is -2.34. The molecule has 0 aromatic heterocycles. The Bertz CT molecular complexity index is 1020. The van der Waals surface area contributed by atoms with Gasteiger partial charge in [-0.1, -0.05) is 6.08 Å². The molecule has 7 nitrogen and oxygen atoms in total. The Morgan fingerprint density at radius 1 is 1.09 bits per heavy atom. The van der Waals surface area contributed by atoms with E-state index in [1.165, 1.54) is 36.5 Å². The van der Waals surface area contributed by atoms with Crippen LogP contribution in [-0.2, 0) is 11.2 Å². The summed E-state index contributed by atoms with van der Waals surface area (Å²) in [5.41, 5.74) is 3.30. The Balaban J connectivity index is 1.48. The number of hydrogen-bond donors (Lipinski definition) is 2. The summed E-state index contributed by atoms with van der Waals surface area (Å²) in [7, 11) is 0. The summed E-state index contributed by atoms with van der Waals surface area (Å²) in [6.45, 7) is 5.52. The lowest BCUT2D eigenvalue weighted by Crippen LogP contribution is -2.50. The molecule has 9 heteroatoms. The van der Waals surface area contributed by atoms with Crippen LogP contribution < -0.4 is 5.43 Å². The Kier molecular flexibility index (Phi) is 7.67. The lowest BCUT2D eigenvalue weighted by molar-refractivity contribution is -0.122. The Morgan fingerprint density at radius 2 is 1.78 bits per heavy atom. The molecule has 2 aromatic rings. The maximum absolute atomic E-state index is 13.7. The van der Waals surface area contributed by atoms with Crippen LogP contribution in [0.4, 0.5) is 8.78 Å². The van der Waals surface area contributed by atoms with Crippen molar-refractivity contribution in [3.63, 3.8) is 0 Å². The number of nitrogens with one attached hydrogen (secondary N) is 1. The topological polar surface area (TPSA) is 85.2 Å². The van der Waals surface area contributed by atoms with Gasteiger partial charge in [0.15, 0.2) is 0 Å². The van der Waals surface area contributed by atoms with Crippen molar-refractivity contribution in [3.05, 3.63) is 77.4 Å². The van der Waals surface area contributed by atoms with Crippen molar-refractivity contribution in [2.45, 2.75) is 6.42 Å². The number of benzene rings is 2. The molecule has 2 amide bonds. The van der Waals surface area contributed by atoms with E-state index in [1.807, 2.05) is 4.90 Å². The molecule has 1 aliphatic rings. The van der Waals surface area contributed by atoms with Crippen LogP contribution in [0.1, 0.15) is 21.5 Å². The molecule has 2 aromatic carbocycles. The van der Waals surface area contributed by atoms with Crippen LogP contribution in [-0.4, -0.2) is 65.7 Å². The van der Waals surface area contributed by atoms with Gasteiger partial charge in [-0.25, -0.2) is 14.2 Å². The molecule has 1 heterocycles. The number of nitrogens with zero attached hydrogens (tertiary/aromatic N) is 3. The van der Waals surface area contributed by atoms with Crippen molar-refractivity contribution in [2.75, 3.05) is 32.7 Å². The number of phenolic OH excluding ortho intramolecular Hbond substituents is 1. The van der Waals surface area contributed by atoms with Gasteiger partial charge in [-0.3, -0.25) is 14.5 Å². The van der Waals surface area contributed by atoms with E-state index in [-0.39, 0.29) is 29.7 Å². The first-order chi connectivity index (χ1) is 15.4.